The summed E-state index contributed by atoms with van der Waals surface area (Å²) in [6.07, 6.45) is -1.18. The lowest BCUT2D eigenvalue weighted by atomic mass is 9.82. The molecule has 2 aromatic heterocycles. The van der Waals surface area contributed by atoms with Crippen LogP contribution in [0.2, 0.25) is 0 Å². The molecular formula is C65H94N12O20S2. The third-order valence-electron chi connectivity index (χ3n) is 20.1. The van der Waals surface area contributed by atoms with Gasteiger partial charge in [0.1, 0.15) is 35.2 Å². The van der Waals surface area contributed by atoms with Crippen molar-refractivity contribution in [1.82, 2.24) is 56.3 Å². The summed E-state index contributed by atoms with van der Waals surface area (Å²) in [5.41, 5.74) is 2.88. The number of hydrogen-bond acceptors (Lipinski definition) is 25. The number of carbonyl (C=O) groups excluding carboxylic acids is 6. The molecule has 6 heterocycles. The third-order valence-corrected chi connectivity index (χ3v) is 21.6. The number of aromatic hydroxyl groups is 1. The van der Waals surface area contributed by atoms with Gasteiger partial charge in [0.15, 0.2) is 11.5 Å². The van der Waals surface area contributed by atoms with E-state index < -0.39 is 194 Å². The standard InChI is InChI=1S/C65H94N12O20S2/c1-34-28-76-56(57(34)86)61(90)68-27-43(81)24-46(67-26-36-6-9-40(10-7-36)62-73-77-30-47(69-65(77)98-62)39-11-13-42(14-12-39)74-20-17-45(18-21-74)96-33-37-4-3-5-37)58(87)70-53(35(2)80)63(91)75-29-44(82)25-48(75)59(88)71-54(51(85)22-38-8-15-49(83)52(23-38)97-99(93,94)95)60(89)72-55(64(76)92)50(84)16-19-66-41(31-78)32-79/h8,11-15,23,30,34-37,40-41,43-46,48,50-51,53-57,66-67,78-86H,3-7,9-10,16-22,24-29,31-33H2,1-2H3,(H,68,90)(H,70,87)(H,71,88)(H,72,89)(H,93,94,95)/t34-,35+,36?,40?,43+,44+,46?,48-,50+,51+,53?,54-,55-,56-,57-/m0/s1. The van der Waals surface area contributed by atoms with Crippen molar-refractivity contribution < 1.29 is 96.6 Å². The summed E-state index contributed by atoms with van der Waals surface area (Å²) in [6, 6.07) is -0.336. The SMILES string of the molecule is C[C@@H](O)C1NC(=O)C(NCC2CCC(c3nn4cc(-c5ccc(N6CCC(OCC7CCC7)CC6)cc5)nc4s3)CC2)C[C@@H](O)CNC(=O)[C@@H]2[C@@H](O)[C@@H](C)CN2C(=O)[C@H]([C@H](O)CCNC(CO)CO)NC(=O)[C@H]([C@H](O)Cc2ccc(O)c(OS(=O)(=O)O)c2)NC(=O)[C@@H]2C[C@@H](O)CN2C1=O. The van der Waals surface area contributed by atoms with Gasteiger partial charge in [-0.3, -0.25) is 33.3 Å². The molecule has 4 aliphatic heterocycles. The minimum absolute atomic E-state index is 0.00166. The van der Waals surface area contributed by atoms with Crippen LogP contribution in [0.25, 0.3) is 16.2 Å². The molecule has 13 atom stereocenters. The second kappa shape index (κ2) is 33.4. The maximum absolute atomic E-state index is 15.0. The number of ether oxygens (including phenoxy) is 1. The van der Waals surface area contributed by atoms with E-state index in [2.05, 4.69) is 65.2 Å². The first-order valence-corrected chi connectivity index (χ1v) is 36.3. The summed E-state index contributed by atoms with van der Waals surface area (Å²) in [6.45, 7) is 2.97. The average Bonchev–Trinajstić information content (AvgIpc) is 1.68. The molecule has 2 saturated carbocycles. The van der Waals surface area contributed by atoms with Crippen molar-refractivity contribution in [3.8, 4) is 22.8 Å². The highest BCUT2D eigenvalue weighted by atomic mass is 32.3. The van der Waals surface area contributed by atoms with Crippen molar-refractivity contribution in [2.24, 2.45) is 17.8 Å². The number of nitrogens with zero attached hydrogens (tertiary/aromatic N) is 6. The Kier molecular flexibility index (Phi) is 25.2. The molecule has 2 aliphatic carbocycles. The summed E-state index contributed by atoms with van der Waals surface area (Å²) in [5.74, 6) is -8.30. The Balaban J connectivity index is 0.853. The van der Waals surface area contributed by atoms with Crippen molar-refractivity contribution in [1.29, 1.82) is 0 Å². The van der Waals surface area contributed by atoms with E-state index in [-0.39, 0.29) is 37.0 Å². The van der Waals surface area contributed by atoms with Gasteiger partial charge in [-0.25, -0.2) is 9.50 Å². The monoisotopic (exact) mass is 1430 g/mol. The van der Waals surface area contributed by atoms with Crippen LogP contribution in [0.5, 0.6) is 11.5 Å². The molecule has 2 aromatic carbocycles. The van der Waals surface area contributed by atoms with Crippen molar-refractivity contribution in [2.75, 3.05) is 70.5 Å². The minimum atomic E-state index is -5.22. The van der Waals surface area contributed by atoms with E-state index in [9.17, 15) is 87.7 Å². The second-order valence-corrected chi connectivity index (χ2v) is 29.4. The van der Waals surface area contributed by atoms with Crippen molar-refractivity contribution in [3.63, 3.8) is 0 Å². The number of carbonyl (C=O) groups is 6. The van der Waals surface area contributed by atoms with Gasteiger partial charge in [0.2, 0.25) is 40.4 Å². The normalized spacial score (nSPS) is 28.7. The summed E-state index contributed by atoms with van der Waals surface area (Å²) in [5, 5.41) is 121. The van der Waals surface area contributed by atoms with Gasteiger partial charge in [0.05, 0.1) is 79.9 Å². The number of aliphatic hydroxyl groups is 8. The lowest BCUT2D eigenvalue weighted by Gasteiger charge is -2.35. The molecule has 10 rings (SSSR count). The van der Waals surface area contributed by atoms with Crippen LogP contribution >= 0.6 is 11.3 Å². The topological polar surface area (TPSA) is 469 Å². The molecule has 6 amide bonds. The van der Waals surface area contributed by atoms with E-state index in [4.69, 9.17) is 14.8 Å². The zero-order valence-corrected chi connectivity index (χ0v) is 57.0. The number of nitrogens with one attached hydrogen (secondary N) is 6. The summed E-state index contributed by atoms with van der Waals surface area (Å²) in [4.78, 5) is 98.2. The molecule has 0 radical (unpaired) electrons. The van der Waals surface area contributed by atoms with Crippen LogP contribution in [0, 0.1) is 17.8 Å². The molecule has 4 saturated heterocycles. The number of β-amino-alcohol motifs (C(OH)–C–C–N with tert-alkyl or cyclic N) is 1. The number of benzene rings is 2. The summed E-state index contributed by atoms with van der Waals surface area (Å²) in [7, 11) is -5.22. The maximum atomic E-state index is 15.0. The van der Waals surface area contributed by atoms with Gasteiger partial charge < -0.3 is 101 Å². The Labute approximate surface area is 576 Å². The van der Waals surface area contributed by atoms with Gasteiger partial charge in [-0.1, -0.05) is 42.9 Å². The predicted molar refractivity (Wildman–Crippen MR) is 356 cm³/mol. The number of piperidine rings is 1. The van der Waals surface area contributed by atoms with E-state index >= 15 is 0 Å². The number of imidazole rings is 1. The molecule has 34 heteroatoms. The fraction of sp³-hybridized carbons (Fsp3) is 0.662. The first-order chi connectivity index (χ1) is 47.2. The highest BCUT2D eigenvalue weighted by Crippen LogP contribution is 2.39. The quantitative estimate of drug-likeness (QED) is 0.0363. The van der Waals surface area contributed by atoms with Crippen LogP contribution in [0.4, 0.5) is 5.69 Å². The Morgan fingerprint density at radius 2 is 1.45 bits per heavy atom. The lowest BCUT2D eigenvalue weighted by molar-refractivity contribution is -0.147. The molecule has 32 nitrogen and oxygen atoms in total. The Bertz CT molecular complexity index is 3510. The predicted octanol–water partition coefficient (Wildman–Crippen LogP) is -2.45. The van der Waals surface area contributed by atoms with Crippen molar-refractivity contribution >= 4 is 67.8 Å². The van der Waals surface area contributed by atoms with Crippen molar-refractivity contribution in [2.45, 2.75) is 188 Å². The zero-order valence-electron chi connectivity index (χ0n) is 55.3. The fourth-order valence-corrected chi connectivity index (χ4v) is 15.4. The maximum Gasteiger partial charge on any atom is 0.446 e. The molecular weight excluding hydrogens is 1330 g/mol. The largest absolute Gasteiger partial charge is 0.504 e. The molecule has 0 spiro atoms. The molecule has 6 fully saturated rings. The third kappa shape index (κ3) is 18.9. The lowest BCUT2D eigenvalue weighted by Crippen LogP contribution is -2.64. The number of aliphatic hydroxyl groups excluding tert-OH is 8. The van der Waals surface area contributed by atoms with E-state index in [1.807, 2.05) is 10.7 Å². The van der Waals surface area contributed by atoms with Gasteiger partial charge in [-0.2, -0.15) is 13.5 Å². The Morgan fingerprint density at radius 3 is 2.11 bits per heavy atom. The van der Waals surface area contributed by atoms with Gasteiger partial charge in [0.25, 0.3) is 0 Å². The van der Waals surface area contributed by atoms with Crippen LogP contribution in [-0.2, 0) is 50.3 Å². The van der Waals surface area contributed by atoms with E-state index in [1.54, 1.807) is 0 Å². The number of aromatic nitrogens is 3. The molecule has 2 unspecified atom stereocenters. The second-order valence-electron chi connectivity index (χ2n) is 27.4. The first-order valence-electron chi connectivity index (χ1n) is 34.1. The first kappa shape index (κ1) is 74.9. The summed E-state index contributed by atoms with van der Waals surface area (Å²) < 4.78 is 45.2. The highest BCUT2D eigenvalue weighted by Gasteiger charge is 2.50. The molecule has 99 heavy (non-hydrogen) atoms. The fourth-order valence-electron chi connectivity index (χ4n) is 14.0. The Morgan fingerprint density at radius 1 is 0.768 bits per heavy atom. The average molecular weight is 1430 g/mol. The molecule has 16 N–H and O–H groups in total. The summed E-state index contributed by atoms with van der Waals surface area (Å²) >= 11 is 1.53. The van der Waals surface area contributed by atoms with Gasteiger partial charge in [-0.15, -0.1) is 0 Å². The number of hydrogen-bond donors (Lipinski definition) is 16. The molecule has 4 aromatic rings. The van der Waals surface area contributed by atoms with Gasteiger partial charge in [-0.05, 0) is 126 Å². The van der Waals surface area contributed by atoms with Crippen LogP contribution < -0.4 is 41.0 Å². The van der Waals surface area contributed by atoms with Gasteiger partial charge >= 0.3 is 10.4 Å². The Hall–Kier alpha value is -6.77. The minimum Gasteiger partial charge on any atom is -0.504 e. The number of anilines is 1. The van der Waals surface area contributed by atoms with Crippen molar-refractivity contribution in [3.05, 3.63) is 59.2 Å². The number of rotatable bonds is 22. The molecule has 546 valence electrons. The molecule has 0 bridgehead atoms. The highest BCUT2D eigenvalue weighted by molar-refractivity contribution is 7.81. The number of amides is 6. The van der Waals surface area contributed by atoms with E-state index in [1.165, 1.54) is 50.1 Å². The molecule has 6 aliphatic rings. The van der Waals surface area contributed by atoms with Gasteiger partial charge in [0, 0.05) is 75.3 Å². The van der Waals surface area contributed by atoms with Crippen LogP contribution in [0.1, 0.15) is 107 Å². The van der Waals surface area contributed by atoms with E-state index in [0.717, 1.165) is 101 Å². The van der Waals surface area contributed by atoms with Crippen LogP contribution in [0.3, 0.4) is 0 Å². The van der Waals surface area contributed by atoms with Crippen LogP contribution in [-0.4, -0.2) is 269 Å². The number of fused-ring (bicyclic) bond motifs is 3. The van der Waals surface area contributed by atoms with E-state index in [0.29, 0.717) is 18.9 Å². The smallest absolute Gasteiger partial charge is 0.446 e. The number of phenolic OH excluding ortho intramolecular Hbond substituents is 1. The number of phenols is 1. The zero-order chi connectivity index (χ0) is 71.0. The van der Waals surface area contributed by atoms with Crippen LogP contribution in [0.15, 0.2) is 48.7 Å².